The lowest BCUT2D eigenvalue weighted by Crippen LogP contribution is -2.33. The van der Waals surface area contributed by atoms with Crippen molar-refractivity contribution in [1.29, 1.82) is 0 Å². The molecule has 1 heterocycles. The van der Waals surface area contributed by atoms with Crippen LogP contribution >= 0.6 is 0 Å². The normalized spacial score (nSPS) is 17.2. The molecule has 136 valence electrons. The predicted molar refractivity (Wildman–Crippen MR) is 94.7 cm³/mol. The number of aromatic nitrogens is 1. The Morgan fingerprint density at radius 1 is 1.48 bits per heavy atom. The topological polar surface area (TPSA) is 51.2 Å². The van der Waals surface area contributed by atoms with Gasteiger partial charge in [-0.05, 0) is 30.4 Å². The lowest BCUT2D eigenvalue weighted by Gasteiger charge is -2.32. The number of anilines is 1. The Morgan fingerprint density at radius 2 is 2.20 bits per heavy atom. The highest BCUT2D eigenvalue weighted by molar-refractivity contribution is 5.99. The first-order valence-corrected chi connectivity index (χ1v) is 8.36. The third-order valence-corrected chi connectivity index (χ3v) is 3.89. The molecule has 1 N–H and O–H groups in total. The summed E-state index contributed by atoms with van der Waals surface area (Å²) in [6.45, 7) is 4.15. The van der Waals surface area contributed by atoms with Crippen molar-refractivity contribution in [3.05, 3.63) is 36.1 Å². The summed E-state index contributed by atoms with van der Waals surface area (Å²) in [6.07, 6.45) is 8.86. The number of rotatable bonds is 7. The molecule has 0 unspecified atom stereocenters. The number of hydrogen-bond acceptors (Lipinski definition) is 3. The molecule has 1 aliphatic carbocycles. The van der Waals surface area contributed by atoms with E-state index in [1.807, 2.05) is 6.08 Å². The first kappa shape index (κ1) is 19.1. The van der Waals surface area contributed by atoms with Gasteiger partial charge in [-0.3, -0.25) is 4.79 Å². The van der Waals surface area contributed by atoms with Crippen LogP contribution in [0, 0.1) is 11.8 Å². The zero-order valence-corrected chi connectivity index (χ0v) is 14.8. The third-order valence-electron chi connectivity index (χ3n) is 3.89. The van der Waals surface area contributed by atoms with Crippen LogP contribution in [-0.2, 0) is 4.79 Å². The molecular weight excluding hydrogens is 326 g/mol. The van der Waals surface area contributed by atoms with Gasteiger partial charge < -0.3 is 10.1 Å². The Balaban J connectivity index is 2.02. The second kappa shape index (κ2) is 8.23. The van der Waals surface area contributed by atoms with E-state index in [2.05, 4.69) is 24.1 Å². The lowest BCUT2D eigenvalue weighted by atomic mass is 9.81. The monoisotopic (exact) mass is 350 g/mol. The molecule has 0 radical (unpaired) electrons. The summed E-state index contributed by atoms with van der Waals surface area (Å²) < 4.78 is 31.0. The number of nitrogens with one attached hydrogen (secondary N) is 1. The Kier molecular flexibility index (Phi) is 6.28. The van der Waals surface area contributed by atoms with Crippen molar-refractivity contribution >= 4 is 17.7 Å². The highest BCUT2D eigenvalue weighted by Gasteiger charge is 2.43. The zero-order chi connectivity index (χ0) is 18.4. The van der Waals surface area contributed by atoms with Crippen molar-refractivity contribution in [3.63, 3.8) is 0 Å². The quantitative estimate of drug-likeness (QED) is 0.726. The van der Waals surface area contributed by atoms with E-state index in [4.69, 9.17) is 4.74 Å². The van der Waals surface area contributed by atoms with E-state index in [1.54, 1.807) is 18.2 Å². The number of alkyl halides is 2. The second-order valence-corrected chi connectivity index (χ2v) is 6.73. The van der Waals surface area contributed by atoms with Crippen LogP contribution in [-0.4, -0.2) is 23.9 Å². The average molecular weight is 350 g/mol. The first-order chi connectivity index (χ1) is 11.8. The number of nitrogens with zero attached hydrogens (tertiary/aromatic N) is 1. The zero-order valence-electron chi connectivity index (χ0n) is 14.8. The van der Waals surface area contributed by atoms with E-state index in [9.17, 15) is 13.6 Å². The molecule has 1 aliphatic rings. The number of amides is 1. The van der Waals surface area contributed by atoms with Gasteiger partial charge in [0.1, 0.15) is 0 Å². The lowest BCUT2D eigenvalue weighted by molar-refractivity contribution is -0.112. The molecule has 1 fully saturated rings. The van der Waals surface area contributed by atoms with Crippen molar-refractivity contribution in [2.75, 3.05) is 12.4 Å². The van der Waals surface area contributed by atoms with Crippen molar-refractivity contribution in [3.8, 4) is 5.88 Å². The number of carbonyl (C=O) groups is 1. The molecule has 0 aromatic carbocycles. The van der Waals surface area contributed by atoms with E-state index in [-0.39, 0.29) is 24.7 Å². The van der Waals surface area contributed by atoms with Gasteiger partial charge in [0.15, 0.2) is 0 Å². The summed E-state index contributed by atoms with van der Waals surface area (Å²) >= 11 is 0. The van der Waals surface area contributed by atoms with Crippen LogP contribution in [0.4, 0.5) is 14.5 Å². The molecule has 0 aliphatic heterocycles. The van der Waals surface area contributed by atoms with Crippen molar-refractivity contribution < 1.29 is 18.3 Å². The smallest absolute Gasteiger partial charge is 0.249 e. The Hall–Kier alpha value is -2.24. The molecule has 0 saturated heterocycles. The Morgan fingerprint density at radius 3 is 2.80 bits per heavy atom. The molecular formula is C19H24F2N2O2. The highest BCUT2D eigenvalue weighted by Crippen LogP contribution is 2.43. The number of allylic oxidation sites excluding steroid dienone is 2. The van der Waals surface area contributed by atoms with Gasteiger partial charge in [-0.25, -0.2) is 13.8 Å². The molecule has 6 heteroatoms. The maximum Gasteiger partial charge on any atom is 0.249 e. The summed E-state index contributed by atoms with van der Waals surface area (Å²) in [5.74, 6) is -2.05. The first-order valence-electron chi connectivity index (χ1n) is 8.36. The molecule has 1 saturated carbocycles. The molecule has 2 rings (SSSR count). The maximum atomic E-state index is 12.9. The summed E-state index contributed by atoms with van der Waals surface area (Å²) in [5, 5.41) is 2.74. The minimum atomic E-state index is -2.55. The van der Waals surface area contributed by atoms with Crippen molar-refractivity contribution in [1.82, 2.24) is 4.98 Å². The van der Waals surface area contributed by atoms with Gasteiger partial charge >= 0.3 is 0 Å². The highest BCUT2D eigenvalue weighted by atomic mass is 19.3. The number of halogens is 2. The summed E-state index contributed by atoms with van der Waals surface area (Å²) in [5.41, 5.74) is 1.17. The number of ether oxygens (including phenoxy) is 1. The van der Waals surface area contributed by atoms with Crippen molar-refractivity contribution in [2.45, 2.75) is 39.0 Å². The van der Waals surface area contributed by atoms with Crippen LogP contribution in [0.1, 0.15) is 38.7 Å². The molecule has 0 spiro atoms. The maximum absolute atomic E-state index is 12.9. The summed E-state index contributed by atoms with van der Waals surface area (Å²) in [6, 6.07) is 1.72. The van der Waals surface area contributed by atoms with Gasteiger partial charge in [0.2, 0.25) is 17.7 Å². The standard InChI is InChI=1S/C19H24F2N2O2/c1-13(2)5-4-6-17(24)23-16-9-15(18(25-3)22-12-16)8-7-14-10-19(20,21)11-14/h4,6-9,12-14H,5,10-11H2,1-3H3,(H,23,24)/b6-4+,8-7+. The van der Waals surface area contributed by atoms with E-state index in [0.717, 1.165) is 6.42 Å². The van der Waals surface area contributed by atoms with Crippen LogP contribution < -0.4 is 10.1 Å². The van der Waals surface area contributed by atoms with Gasteiger partial charge in [-0.2, -0.15) is 0 Å². The van der Waals surface area contributed by atoms with Gasteiger partial charge in [0.25, 0.3) is 0 Å². The molecule has 25 heavy (non-hydrogen) atoms. The molecule has 1 aromatic rings. The van der Waals surface area contributed by atoms with Gasteiger partial charge in [0.05, 0.1) is 19.0 Å². The number of carbonyl (C=O) groups excluding carboxylic acids is 1. The SMILES string of the molecule is COc1ncc(NC(=O)/C=C/CC(C)C)cc1/C=C/C1CC(F)(F)C1. The second-order valence-electron chi connectivity index (χ2n) is 6.73. The fraction of sp³-hybridized carbons (Fsp3) is 0.474. The third kappa shape index (κ3) is 5.96. The van der Waals surface area contributed by atoms with Crippen LogP contribution in [0.15, 0.2) is 30.5 Å². The van der Waals surface area contributed by atoms with E-state index in [1.165, 1.54) is 19.4 Å². The van der Waals surface area contributed by atoms with Gasteiger partial charge in [0, 0.05) is 18.4 Å². The van der Waals surface area contributed by atoms with E-state index < -0.39 is 5.92 Å². The molecule has 4 nitrogen and oxygen atoms in total. The van der Waals surface area contributed by atoms with Crippen LogP contribution in [0.25, 0.3) is 6.08 Å². The van der Waals surface area contributed by atoms with Crippen LogP contribution in [0.5, 0.6) is 5.88 Å². The fourth-order valence-corrected chi connectivity index (χ4v) is 2.54. The van der Waals surface area contributed by atoms with Gasteiger partial charge in [-0.1, -0.05) is 32.1 Å². The largest absolute Gasteiger partial charge is 0.481 e. The average Bonchev–Trinajstić information content (AvgIpc) is 2.50. The Labute approximate surface area is 147 Å². The minimum absolute atomic E-state index is 0.129. The molecule has 1 aromatic heterocycles. The fourth-order valence-electron chi connectivity index (χ4n) is 2.54. The molecule has 0 bridgehead atoms. The van der Waals surface area contributed by atoms with E-state index >= 15 is 0 Å². The minimum Gasteiger partial charge on any atom is -0.481 e. The molecule has 1 amide bonds. The van der Waals surface area contributed by atoms with Gasteiger partial charge in [-0.15, -0.1) is 0 Å². The number of methoxy groups -OCH3 is 1. The number of hydrogen-bond donors (Lipinski definition) is 1. The summed E-state index contributed by atoms with van der Waals surface area (Å²) in [7, 11) is 1.49. The predicted octanol–water partition coefficient (Wildman–Crippen LogP) is 4.69. The van der Waals surface area contributed by atoms with E-state index in [0.29, 0.717) is 23.0 Å². The summed E-state index contributed by atoms with van der Waals surface area (Å²) in [4.78, 5) is 16.0. The van der Waals surface area contributed by atoms with Crippen molar-refractivity contribution in [2.24, 2.45) is 11.8 Å². The number of pyridine rings is 1. The van der Waals surface area contributed by atoms with Crippen LogP contribution in [0.3, 0.4) is 0 Å². The molecule has 0 atom stereocenters. The van der Waals surface area contributed by atoms with Crippen LogP contribution in [0.2, 0.25) is 0 Å². The Bertz CT molecular complexity index is 661.